The number of rotatable bonds is 4. The molecule has 124 valence electrons. The fraction of sp³-hybridized carbons (Fsp3) is 0.250. The standard InChI is InChI=1S/C20H21NO3/c1-13(2)16-6-4-5-14(3)20(16)21-19(22)10-8-15-7-9-17-18(11-15)24-12-23-17/h4-11,13H,12H2,1-3H3,(H,21,22)/b10-8-. The number of carbonyl (C=O) groups excluding carboxylic acids is 1. The largest absolute Gasteiger partial charge is 0.454 e. The van der Waals surface area contributed by atoms with Gasteiger partial charge in [-0.25, -0.2) is 0 Å². The Morgan fingerprint density at radius 1 is 1.17 bits per heavy atom. The van der Waals surface area contributed by atoms with Gasteiger partial charge in [0, 0.05) is 11.8 Å². The van der Waals surface area contributed by atoms with Crippen LogP contribution >= 0.6 is 0 Å². The normalized spacial score (nSPS) is 12.8. The van der Waals surface area contributed by atoms with E-state index in [0.29, 0.717) is 11.7 Å². The summed E-state index contributed by atoms with van der Waals surface area (Å²) < 4.78 is 10.6. The number of anilines is 1. The molecule has 0 fully saturated rings. The second-order valence-corrected chi connectivity index (χ2v) is 6.13. The molecule has 0 aliphatic carbocycles. The van der Waals surface area contributed by atoms with Crippen LogP contribution in [0.15, 0.2) is 42.5 Å². The minimum Gasteiger partial charge on any atom is -0.454 e. The number of hydrogen-bond donors (Lipinski definition) is 1. The van der Waals surface area contributed by atoms with Crippen LogP contribution in [-0.4, -0.2) is 12.7 Å². The van der Waals surface area contributed by atoms with Gasteiger partial charge in [-0.15, -0.1) is 0 Å². The molecule has 1 N–H and O–H groups in total. The van der Waals surface area contributed by atoms with Crippen LogP contribution in [0.25, 0.3) is 6.08 Å². The molecule has 4 heteroatoms. The van der Waals surface area contributed by atoms with Gasteiger partial charge in [0.05, 0.1) is 0 Å². The monoisotopic (exact) mass is 323 g/mol. The fourth-order valence-electron chi connectivity index (χ4n) is 2.70. The van der Waals surface area contributed by atoms with Crippen molar-refractivity contribution in [3.63, 3.8) is 0 Å². The third-order valence-corrected chi connectivity index (χ3v) is 4.00. The highest BCUT2D eigenvalue weighted by Crippen LogP contribution is 2.33. The molecule has 0 spiro atoms. The molecule has 2 aromatic carbocycles. The predicted octanol–water partition coefficient (Wildman–Crippen LogP) is 4.50. The predicted molar refractivity (Wildman–Crippen MR) is 95.5 cm³/mol. The highest BCUT2D eigenvalue weighted by molar-refractivity contribution is 6.02. The van der Waals surface area contributed by atoms with E-state index in [1.807, 2.05) is 37.3 Å². The van der Waals surface area contributed by atoms with Crippen molar-refractivity contribution in [3.05, 3.63) is 59.2 Å². The number of fused-ring (bicyclic) bond motifs is 1. The van der Waals surface area contributed by atoms with E-state index in [9.17, 15) is 4.79 Å². The summed E-state index contributed by atoms with van der Waals surface area (Å²) in [5, 5.41) is 3.00. The Kier molecular flexibility index (Phi) is 4.56. The first-order chi connectivity index (χ1) is 11.5. The minimum absolute atomic E-state index is 0.149. The lowest BCUT2D eigenvalue weighted by atomic mass is 9.98. The molecule has 4 nitrogen and oxygen atoms in total. The van der Waals surface area contributed by atoms with Gasteiger partial charge in [0.25, 0.3) is 0 Å². The molecule has 0 radical (unpaired) electrons. The zero-order valence-electron chi connectivity index (χ0n) is 14.1. The third kappa shape index (κ3) is 3.43. The smallest absolute Gasteiger partial charge is 0.248 e. The van der Waals surface area contributed by atoms with Gasteiger partial charge in [-0.05, 0) is 47.7 Å². The van der Waals surface area contributed by atoms with Crippen molar-refractivity contribution in [1.82, 2.24) is 0 Å². The summed E-state index contributed by atoms with van der Waals surface area (Å²) >= 11 is 0. The van der Waals surface area contributed by atoms with Crippen LogP contribution in [0, 0.1) is 6.92 Å². The van der Waals surface area contributed by atoms with E-state index >= 15 is 0 Å². The summed E-state index contributed by atoms with van der Waals surface area (Å²) in [7, 11) is 0. The lowest BCUT2D eigenvalue weighted by molar-refractivity contribution is -0.111. The molecule has 0 saturated heterocycles. The summed E-state index contributed by atoms with van der Waals surface area (Å²) in [6.45, 7) is 6.48. The summed E-state index contributed by atoms with van der Waals surface area (Å²) in [6, 6.07) is 11.7. The Hall–Kier alpha value is -2.75. The van der Waals surface area contributed by atoms with Gasteiger partial charge >= 0.3 is 0 Å². The maximum absolute atomic E-state index is 12.3. The van der Waals surface area contributed by atoms with Crippen LogP contribution in [0.5, 0.6) is 11.5 Å². The van der Waals surface area contributed by atoms with Crippen molar-refractivity contribution in [2.24, 2.45) is 0 Å². The van der Waals surface area contributed by atoms with Gasteiger partial charge < -0.3 is 14.8 Å². The average molecular weight is 323 g/mol. The van der Waals surface area contributed by atoms with E-state index in [0.717, 1.165) is 28.1 Å². The Morgan fingerprint density at radius 2 is 1.96 bits per heavy atom. The number of benzene rings is 2. The maximum atomic E-state index is 12.3. The van der Waals surface area contributed by atoms with E-state index < -0.39 is 0 Å². The van der Waals surface area contributed by atoms with E-state index in [2.05, 4.69) is 25.2 Å². The second-order valence-electron chi connectivity index (χ2n) is 6.13. The van der Waals surface area contributed by atoms with Crippen LogP contribution in [0.3, 0.4) is 0 Å². The number of carbonyl (C=O) groups is 1. The van der Waals surface area contributed by atoms with Crippen LogP contribution in [0.4, 0.5) is 5.69 Å². The molecule has 1 amide bonds. The molecule has 1 heterocycles. The molecule has 0 saturated carbocycles. The Labute approximate surface area is 142 Å². The van der Waals surface area contributed by atoms with Crippen molar-refractivity contribution in [2.45, 2.75) is 26.7 Å². The molecule has 0 bridgehead atoms. The van der Waals surface area contributed by atoms with Crippen molar-refractivity contribution < 1.29 is 14.3 Å². The number of ether oxygens (including phenoxy) is 2. The maximum Gasteiger partial charge on any atom is 0.248 e. The SMILES string of the molecule is Cc1cccc(C(C)C)c1NC(=O)/C=C\c1ccc2c(c1)OCO2. The fourth-order valence-corrected chi connectivity index (χ4v) is 2.70. The molecular weight excluding hydrogens is 302 g/mol. The number of nitrogens with one attached hydrogen (secondary N) is 1. The zero-order valence-corrected chi connectivity index (χ0v) is 14.1. The van der Waals surface area contributed by atoms with E-state index in [-0.39, 0.29) is 12.7 Å². The lowest BCUT2D eigenvalue weighted by Gasteiger charge is -2.15. The van der Waals surface area contributed by atoms with Crippen LogP contribution < -0.4 is 14.8 Å². The Morgan fingerprint density at radius 3 is 2.75 bits per heavy atom. The van der Waals surface area contributed by atoms with Gasteiger partial charge in [-0.3, -0.25) is 4.79 Å². The molecule has 1 aliphatic rings. The first kappa shape index (κ1) is 16.1. The van der Waals surface area contributed by atoms with Gasteiger partial charge in [-0.1, -0.05) is 38.1 Å². The van der Waals surface area contributed by atoms with Gasteiger partial charge in [-0.2, -0.15) is 0 Å². The van der Waals surface area contributed by atoms with E-state index in [1.165, 1.54) is 6.08 Å². The molecular formula is C20H21NO3. The first-order valence-electron chi connectivity index (χ1n) is 8.03. The van der Waals surface area contributed by atoms with Crippen molar-refractivity contribution >= 4 is 17.7 Å². The van der Waals surface area contributed by atoms with Crippen molar-refractivity contribution in [1.29, 1.82) is 0 Å². The summed E-state index contributed by atoms with van der Waals surface area (Å²) in [5.41, 5.74) is 3.99. The number of aryl methyl sites for hydroxylation is 1. The zero-order chi connectivity index (χ0) is 17.1. The molecule has 0 atom stereocenters. The lowest BCUT2D eigenvalue weighted by Crippen LogP contribution is -2.11. The molecule has 0 unspecified atom stereocenters. The van der Waals surface area contributed by atoms with Crippen molar-refractivity contribution in [2.75, 3.05) is 12.1 Å². The molecule has 24 heavy (non-hydrogen) atoms. The quantitative estimate of drug-likeness (QED) is 0.843. The third-order valence-electron chi connectivity index (χ3n) is 4.00. The highest BCUT2D eigenvalue weighted by Gasteiger charge is 2.13. The van der Waals surface area contributed by atoms with E-state index in [4.69, 9.17) is 9.47 Å². The summed E-state index contributed by atoms with van der Waals surface area (Å²) in [6.07, 6.45) is 3.30. The minimum atomic E-state index is -0.149. The second kappa shape index (κ2) is 6.79. The molecule has 1 aliphatic heterocycles. The van der Waals surface area contributed by atoms with Gasteiger partial charge in [0.2, 0.25) is 12.7 Å². The first-order valence-corrected chi connectivity index (χ1v) is 8.03. The average Bonchev–Trinajstić information content (AvgIpc) is 3.02. The number of hydrogen-bond acceptors (Lipinski definition) is 3. The summed E-state index contributed by atoms with van der Waals surface area (Å²) in [5.74, 6) is 1.64. The van der Waals surface area contributed by atoms with Crippen molar-refractivity contribution in [3.8, 4) is 11.5 Å². The van der Waals surface area contributed by atoms with Gasteiger partial charge in [0.1, 0.15) is 0 Å². The highest BCUT2D eigenvalue weighted by atomic mass is 16.7. The molecule has 2 aromatic rings. The van der Waals surface area contributed by atoms with Gasteiger partial charge in [0.15, 0.2) is 11.5 Å². The summed E-state index contributed by atoms with van der Waals surface area (Å²) in [4.78, 5) is 12.3. The number of amides is 1. The Balaban J connectivity index is 1.74. The van der Waals surface area contributed by atoms with Crippen LogP contribution in [0.1, 0.15) is 36.5 Å². The topological polar surface area (TPSA) is 47.6 Å². The van der Waals surface area contributed by atoms with Crippen LogP contribution in [-0.2, 0) is 4.79 Å². The molecule has 3 rings (SSSR count). The Bertz CT molecular complexity index is 793. The van der Waals surface area contributed by atoms with Crippen LogP contribution in [0.2, 0.25) is 0 Å². The van der Waals surface area contributed by atoms with E-state index in [1.54, 1.807) is 6.08 Å². The molecule has 0 aromatic heterocycles. The number of para-hydroxylation sites is 1.